The van der Waals surface area contributed by atoms with E-state index in [1.165, 1.54) is 0 Å². The van der Waals surface area contributed by atoms with Crippen molar-refractivity contribution in [2.45, 2.75) is 50.9 Å². The minimum absolute atomic E-state index is 0.460. The van der Waals surface area contributed by atoms with Gasteiger partial charge in [0.2, 0.25) is 0 Å². The number of aliphatic hydroxyl groups excluding tert-OH is 1. The molecule has 0 amide bonds. The van der Waals surface area contributed by atoms with Gasteiger partial charge in [-0.25, -0.2) is 0 Å². The summed E-state index contributed by atoms with van der Waals surface area (Å²) in [7, 11) is 3.26. The maximum atomic E-state index is 10.6. The molecule has 1 atom stereocenters. The Morgan fingerprint density at radius 3 is 2.67 bits per heavy atom. The van der Waals surface area contributed by atoms with Gasteiger partial charge in [0.15, 0.2) is 5.75 Å². The van der Waals surface area contributed by atoms with Crippen molar-refractivity contribution in [2.24, 2.45) is 0 Å². The minimum atomic E-state index is -0.680. The van der Waals surface area contributed by atoms with Gasteiger partial charge in [-0.2, -0.15) is 5.10 Å². The highest BCUT2D eigenvalue weighted by atomic mass is 16.5. The van der Waals surface area contributed by atoms with Gasteiger partial charge < -0.3 is 14.6 Å². The van der Waals surface area contributed by atoms with E-state index < -0.39 is 11.7 Å². The molecule has 0 saturated heterocycles. The highest BCUT2D eigenvalue weighted by molar-refractivity contribution is 5.30. The van der Waals surface area contributed by atoms with E-state index in [1.54, 1.807) is 20.4 Å². The van der Waals surface area contributed by atoms with Crippen LogP contribution in [-0.4, -0.2) is 34.7 Å². The zero-order chi connectivity index (χ0) is 13.2. The van der Waals surface area contributed by atoms with Crippen molar-refractivity contribution < 1.29 is 14.6 Å². The number of nitrogens with zero attached hydrogens (tertiary/aromatic N) is 2. The molecule has 1 saturated carbocycles. The standard InChI is InChI=1S/C13H22N2O3/c1-4-8-15-11(10(17-2)9-14-15)12(16)13(18-3)6-5-7-13/h9,12,16H,4-8H2,1-3H3. The molecule has 102 valence electrons. The van der Waals surface area contributed by atoms with E-state index in [0.717, 1.165) is 37.9 Å². The molecule has 1 heterocycles. The van der Waals surface area contributed by atoms with Crippen LogP contribution in [0.5, 0.6) is 5.75 Å². The second kappa shape index (κ2) is 5.28. The number of methoxy groups -OCH3 is 2. The molecule has 0 aliphatic heterocycles. The fourth-order valence-electron chi connectivity index (χ4n) is 2.56. The van der Waals surface area contributed by atoms with Crippen molar-refractivity contribution in [3.8, 4) is 5.75 Å². The van der Waals surface area contributed by atoms with Crippen LogP contribution in [0.15, 0.2) is 6.20 Å². The highest BCUT2D eigenvalue weighted by Gasteiger charge is 2.46. The quantitative estimate of drug-likeness (QED) is 0.842. The first-order valence-corrected chi connectivity index (χ1v) is 6.51. The van der Waals surface area contributed by atoms with Crippen LogP contribution in [0.1, 0.15) is 44.4 Å². The van der Waals surface area contributed by atoms with E-state index in [-0.39, 0.29) is 0 Å². The zero-order valence-corrected chi connectivity index (χ0v) is 11.3. The lowest BCUT2D eigenvalue weighted by molar-refractivity contribution is -0.154. The number of aryl methyl sites for hydroxylation is 1. The normalized spacial score (nSPS) is 19.3. The highest BCUT2D eigenvalue weighted by Crippen LogP contribution is 2.46. The summed E-state index contributed by atoms with van der Waals surface area (Å²) in [5.74, 6) is 0.638. The molecule has 1 aromatic rings. The Morgan fingerprint density at radius 1 is 1.50 bits per heavy atom. The molecule has 1 aliphatic carbocycles. The summed E-state index contributed by atoms with van der Waals surface area (Å²) in [5.41, 5.74) is 0.277. The van der Waals surface area contributed by atoms with Crippen molar-refractivity contribution in [1.29, 1.82) is 0 Å². The number of aromatic nitrogens is 2. The maximum absolute atomic E-state index is 10.6. The predicted octanol–water partition coefficient (Wildman–Crippen LogP) is 1.90. The SMILES string of the molecule is CCCn1ncc(OC)c1C(O)C1(OC)CCC1. The third kappa shape index (κ3) is 2.01. The summed E-state index contributed by atoms with van der Waals surface area (Å²) in [6.07, 6.45) is 4.80. The number of aliphatic hydroxyl groups is 1. The Morgan fingerprint density at radius 2 is 2.22 bits per heavy atom. The summed E-state index contributed by atoms with van der Waals surface area (Å²) in [6.45, 7) is 2.86. The number of rotatable bonds is 6. The molecule has 0 spiro atoms. The Bertz CT molecular complexity index is 393. The van der Waals surface area contributed by atoms with Gasteiger partial charge in [0.25, 0.3) is 0 Å². The molecule has 1 aromatic heterocycles. The second-order valence-corrected chi connectivity index (χ2v) is 4.85. The van der Waals surface area contributed by atoms with Crippen LogP contribution in [0, 0.1) is 0 Å². The summed E-state index contributed by atoms with van der Waals surface area (Å²) in [4.78, 5) is 0. The van der Waals surface area contributed by atoms with Crippen molar-refractivity contribution >= 4 is 0 Å². The van der Waals surface area contributed by atoms with E-state index in [1.807, 2.05) is 4.68 Å². The lowest BCUT2D eigenvalue weighted by Gasteiger charge is -2.44. The lowest BCUT2D eigenvalue weighted by atomic mass is 9.74. The van der Waals surface area contributed by atoms with Crippen molar-refractivity contribution in [3.05, 3.63) is 11.9 Å². The fraction of sp³-hybridized carbons (Fsp3) is 0.769. The van der Waals surface area contributed by atoms with Gasteiger partial charge in [0.05, 0.1) is 18.9 Å². The summed E-state index contributed by atoms with van der Waals surface area (Å²) < 4.78 is 12.7. The summed E-state index contributed by atoms with van der Waals surface area (Å²) in [5, 5.41) is 14.9. The molecule has 1 aliphatic rings. The predicted molar refractivity (Wildman–Crippen MR) is 67.6 cm³/mol. The Balaban J connectivity index is 2.32. The van der Waals surface area contributed by atoms with E-state index in [2.05, 4.69) is 12.0 Å². The fourth-order valence-corrected chi connectivity index (χ4v) is 2.56. The largest absolute Gasteiger partial charge is 0.493 e. The van der Waals surface area contributed by atoms with Crippen LogP contribution >= 0.6 is 0 Å². The second-order valence-electron chi connectivity index (χ2n) is 4.85. The molecule has 0 bridgehead atoms. The molecule has 1 N–H and O–H groups in total. The van der Waals surface area contributed by atoms with Crippen LogP contribution in [0.2, 0.25) is 0 Å². The monoisotopic (exact) mass is 254 g/mol. The molecule has 0 radical (unpaired) electrons. The number of hydrogen-bond donors (Lipinski definition) is 1. The van der Waals surface area contributed by atoms with Gasteiger partial charge in [-0.05, 0) is 25.7 Å². The van der Waals surface area contributed by atoms with Crippen LogP contribution in [-0.2, 0) is 11.3 Å². The van der Waals surface area contributed by atoms with Gasteiger partial charge in [-0.15, -0.1) is 0 Å². The molecular weight excluding hydrogens is 232 g/mol. The van der Waals surface area contributed by atoms with Crippen LogP contribution < -0.4 is 4.74 Å². The van der Waals surface area contributed by atoms with Crippen LogP contribution in [0.3, 0.4) is 0 Å². The first kappa shape index (κ1) is 13.4. The molecule has 18 heavy (non-hydrogen) atoms. The van der Waals surface area contributed by atoms with Gasteiger partial charge in [-0.3, -0.25) is 4.68 Å². The molecule has 0 aromatic carbocycles. The number of hydrogen-bond acceptors (Lipinski definition) is 4. The Kier molecular flexibility index (Phi) is 3.92. The third-order valence-corrected chi connectivity index (χ3v) is 3.86. The number of ether oxygens (including phenoxy) is 2. The molecule has 1 unspecified atom stereocenters. The average Bonchev–Trinajstić information content (AvgIpc) is 2.71. The Labute approximate surface area is 108 Å². The summed E-state index contributed by atoms with van der Waals surface area (Å²) in [6, 6.07) is 0. The van der Waals surface area contributed by atoms with Crippen molar-refractivity contribution in [1.82, 2.24) is 9.78 Å². The maximum Gasteiger partial charge on any atom is 0.162 e. The van der Waals surface area contributed by atoms with E-state index >= 15 is 0 Å². The molecule has 5 nitrogen and oxygen atoms in total. The van der Waals surface area contributed by atoms with E-state index in [4.69, 9.17) is 9.47 Å². The average molecular weight is 254 g/mol. The molecular formula is C13H22N2O3. The zero-order valence-electron chi connectivity index (χ0n) is 11.3. The van der Waals surface area contributed by atoms with Crippen LogP contribution in [0.25, 0.3) is 0 Å². The smallest absolute Gasteiger partial charge is 0.162 e. The molecule has 2 rings (SSSR count). The first-order valence-electron chi connectivity index (χ1n) is 6.51. The van der Waals surface area contributed by atoms with Gasteiger partial charge in [0, 0.05) is 13.7 Å². The molecule has 5 heteroatoms. The lowest BCUT2D eigenvalue weighted by Crippen LogP contribution is -2.45. The minimum Gasteiger partial charge on any atom is -0.493 e. The van der Waals surface area contributed by atoms with Crippen LogP contribution in [0.4, 0.5) is 0 Å². The topological polar surface area (TPSA) is 56.5 Å². The molecule has 1 fully saturated rings. The van der Waals surface area contributed by atoms with Gasteiger partial charge in [-0.1, -0.05) is 6.92 Å². The first-order chi connectivity index (χ1) is 8.68. The van der Waals surface area contributed by atoms with E-state index in [9.17, 15) is 5.11 Å². The Hall–Kier alpha value is -1.07. The van der Waals surface area contributed by atoms with Crippen molar-refractivity contribution in [3.63, 3.8) is 0 Å². The summed E-state index contributed by atoms with van der Waals surface area (Å²) >= 11 is 0. The van der Waals surface area contributed by atoms with Gasteiger partial charge in [0.1, 0.15) is 11.8 Å². The van der Waals surface area contributed by atoms with Crippen molar-refractivity contribution in [2.75, 3.05) is 14.2 Å². The van der Waals surface area contributed by atoms with E-state index in [0.29, 0.717) is 5.75 Å². The third-order valence-electron chi connectivity index (χ3n) is 3.86. The van der Waals surface area contributed by atoms with Gasteiger partial charge >= 0.3 is 0 Å².